The summed E-state index contributed by atoms with van der Waals surface area (Å²) < 4.78 is 5.44. The number of ether oxygens (including phenoxy) is 1. The maximum Gasteiger partial charge on any atom is 0.237 e. The number of anilines is 1. The van der Waals surface area contributed by atoms with Gasteiger partial charge >= 0.3 is 0 Å². The van der Waals surface area contributed by atoms with Crippen molar-refractivity contribution in [3.05, 3.63) is 42.5 Å². The standard InChI is InChI=1S/C23H29N5O2/c1-23(2,26-15-22(29)28-13-7-8-17(28)14-24)16-25-21-12-6-10-19(27-21)18-9-4-5-11-20(18)30-3/h4-6,9-12,17,26H,7-8,13,15-16H2,1-3H3,(H,25,27). The van der Waals surface area contributed by atoms with Gasteiger partial charge < -0.3 is 20.3 Å². The van der Waals surface area contributed by atoms with Crippen LogP contribution in [-0.2, 0) is 4.79 Å². The number of aromatic nitrogens is 1. The highest BCUT2D eigenvalue weighted by molar-refractivity contribution is 5.79. The first kappa shape index (κ1) is 21.6. The lowest BCUT2D eigenvalue weighted by atomic mass is 10.1. The van der Waals surface area contributed by atoms with Crippen LogP contribution in [0, 0.1) is 11.3 Å². The minimum absolute atomic E-state index is 0.0246. The van der Waals surface area contributed by atoms with Crippen LogP contribution in [0.15, 0.2) is 42.5 Å². The van der Waals surface area contributed by atoms with Crippen molar-refractivity contribution in [2.45, 2.75) is 38.3 Å². The van der Waals surface area contributed by atoms with Crippen molar-refractivity contribution in [1.29, 1.82) is 5.26 Å². The second kappa shape index (κ2) is 9.59. The Bertz CT molecular complexity index is 922. The van der Waals surface area contributed by atoms with Gasteiger partial charge in [-0.1, -0.05) is 18.2 Å². The Hall–Kier alpha value is -3.11. The van der Waals surface area contributed by atoms with E-state index in [-0.39, 0.29) is 24.0 Å². The van der Waals surface area contributed by atoms with Crippen LogP contribution in [0.1, 0.15) is 26.7 Å². The minimum atomic E-state index is -0.334. The van der Waals surface area contributed by atoms with Crippen molar-refractivity contribution in [2.24, 2.45) is 0 Å². The number of nitrogens with one attached hydrogen (secondary N) is 2. The molecule has 0 aliphatic carbocycles. The first-order valence-electron chi connectivity index (χ1n) is 10.2. The predicted octanol–water partition coefficient (Wildman–Crippen LogP) is 3.05. The second-order valence-electron chi connectivity index (χ2n) is 8.07. The number of para-hydroxylation sites is 1. The van der Waals surface area contributed by atoms with Crippen molar-refractivity contribution >= 4 is 11.7 Å². The zero-order valence-corrected chi connectivity index (χ0v) is 17.8. The molecule has 7 heteroatoms. The minimum Gasteiger partial charge on any atom is -0.496 e. The highest BCUT2D eigenvalue weighted by atomic mass is 16.5. The molecule has 2 aromatic rings. The Morgan fingerprint density at radius 2 is 2.10 bits per heavy atom. The zero-order chi connectivity index (χ0) is 21.6. The predicted molar refractivity (Wildman–Crippen MR) is 117 cm³/mol. The van der Waals surface area contributed by atoms with Crippen molar-refractivity contribution in [3.63, 3.8) is 0 Å². The fourth-order valence-corrected chi connectivity index (χ4v) is 3.53. The van der Waals surface area contributed by atoms with Crippen molar-refractivity contribution in [2.75, 3.05) is 32.1 Å². The van der Waals surface area contributed by atoms with Crippen LogP contribution in [0.3, 0.4) is 0 Å². The Balaban J connectivity index is 1.58. The first-order chi connectivity index (χ1) is 14.4. The number of hydrogen-bond donors (Lipinski definition) is 2. The normalized spacial score (nSPS) is 16.2. The van der Waals surface area contributed by atoms with Crippen molar-refractivity contribution < 1.29 is 9.53 Å². The fraction of sp³-hybridized carbons (Fsp3) is 0.435. The van der Waals surface area contributed by atoms with Gasteiger partial charge in [0.05, 0.1) is 25.4 Å². The summed E-state index contributed by atoms with van der Waals surface area (Å²) in [6.07, 6.45) is 1.66. The van der Waals surface area contributed by atoms with Gasteiger partial charge in [0.15, 0.2) is 0 Å². The maximum atomic E-state index is 12.5. The van der Waals surface area contributed by atoms with Crippen LogP contribution in [0.25, 0.3) is 11.3 Å². The number of pyridine rings is 1. The molecule has 0 radical (unpaired) electrons. The molecular weight excluding hydrogens is 378 g/mol. The Morgan fingerprint density at radius 3 is 2.87 bits per heavy atom. The molecule has 2 N–H and O–H groups in total. The molecule has 1 amide bonds. The third-order valence-corrected chi connectivity index (χ3v) is 5.28. The van der Waals surface area contributed by atoms with Crippen LogP contribution in [0.5, 0.6) is 5.75 Å². The summed E-state index contributed by atoms with van der Waals surface area (Å²) in [5.41, 5.74) is 1.43. The van der Waals surface area contributed by atoms with Crippen LogP contribution in [-0.4, -0.2) is 54.1 Å². The lowest BCUT2D eigenvalue weighted by Gasteiger charge is -2.28. The molecular formula is C23H29N5O2. The van der Waals surface area contributed by atoms with Gasteiger partial charge in [-0.15, -0.1) is 0 Å². The van der Waals surface area contributed by atoms with Gasteiger partial charge in [0.25, 0.3) is 0 Å². The van der Waals surface area contributed by atoms with E-state index in [9.17, 15) is 10.1 Å². The number of nitrogens with zero attached hydrogens (tertiary/aromatic N) is 3. The summed E-state index contributed by atoms with van der Waals surface area (Å²) in [5.74, 6) is 1.51. The summed E-state index contributed by atoms with van der Waals surface area (Å²) in [6.45, 7) is 5.52. The van der Waals surface area contributed by atoms with Gasteiger partial charge in [-0.3, -0.25) is 4.79 Å². The van der Waals surface area contributed by atoms with E-state index >= 15 is 0 Å². The third kappa shape index (κ3) is 5.28. The number of amides is 1. The van der Waals surface area contributed by atoms with E-state index in [0.29, 0.717) is 13.1 Å². The van der Waals surface area contributed by atoms with Crippen LogP contribution in [0.4, 0.5) is 5.82 Å². The van der Waals surface area contributed by atoms with E-state index in [1.165, 1.54) is 0 Å². The summed E-state index contributed by atoms with van der Waals surface area (Å²) in [6, 6.07) is 15.5. The molecule has 0 bridgehead atoms. The van der Waals surface area contributed by atoms with E-state index in [2.05, 4.69) is 16.7 Å². The lowest BCUT2D eigenvalue weighted by molar-refractivity contribution is -0.130. The fourth-order valence-electron chi connectivity index (χ4n) is 3.53. The molecule has 1 aliphatic heterocycles. The maximum absolute atomic E-state index is 12.5. The van der Waals surface area contributed by atoms with Gasteiger partial charge in [-0.05, 0) is 51.0 Å². The summed E-state index contributed by atoms with van der Waals surface area (Å²) in [4.78, 5) is 18.8. The number of nitriles is 1. The van der Waals surface area contributed by atoms with Gasteiger partial charge in [0.1, 0.15) is 17.6 Å². The number of likely N-dealkylation sites (tertiary alicyclic amines) is 1. The topological polar surface area (TPSA) is 90.3 Å². The summed E-state index contributed by atoms with van der Waals surface area (Å²) in [5, 5.41) is 15.8. The number of methoxy groups -OCH3 is 1. The monoisotopic (exact) mass is 407 g/mol. The number of carbonyl (C=O) groups excluding carboxylic acids is 1. The summed E-state index contributed by atoms with van der Waals surface area (Å²) in [7, 11) is 1.65. The van der Waals surface area contributed by atoms with Gasteiger partial charge in [-0.2, -0.15) is 5.26 Å². The SMILES string of the molecule is COc1ccccc1-c1cccc(NCC(C)(C)NCC(=O)N2CCCC2C#N)n1. The molecule has 1 aromatic carbocycles. The molecule has 3 rings (SSSR count). The van der Waals surface area contributed by atoms with E-state index < -0.39 is 0 Å². The lowest BCUT2D eigenvalue weighted by Crippen LogP contribution is -2.50. The molecule has 7 nitrogen and oxygen atoms in total. The van der Waals surface area contributed by atoms with Crippen LogP contribution < -0.4 is 15.4 Å². The molecule has 2 heterocycles. The molecule has 1 fully saturated rings. The van der Waals surface area contributed by atoms with Crippen LogP contribution >= 0.6 is 0 Å². The van der Waals surface area contributed by atoms with E-state index in [1.54, 1.807) is 12.0 Å². The summed E-state index contributed by atoms with van der Waals surface area (Å²) >= 11 is 0. The Kier molecular flexibility index (Phi) is 6.91. The average Bonchev–Trinajstić information content (AvgIpc) is 3.25. The van der Waals surface area contributed by atoms with E-state index in [4.69, 9.17) is 9.72 Å². The van der Waals surface area contributed by atoms with Gasteiger partial charge in [0.2, 0.25) is 5.91 Å². The number of hydrogen-bond acceptors (Lipinski definition) is 6. The molecule has 30 heavy (non-hydrogen) atoms. The quantitative estimate of drug-likeness (QED) is 0.699. The van der Waals surface area contributed by atoms with Gasteiger partial charge in [0, 0.05) is 24.2 Å². The Labute approximate surface area is 178 Å². The Morgan fingerprint density at radius 1 is 1.30 bits per heavy atom. The number of benzene rings is 1. The van der Waals surface area contributed by atoms with Gasteiger partial charge in [-0.25, -0.2) is 4.98 Å². The third-order valence-electron chi connectivity index (χ3n) is 5.28. The average molecular weight is 408 g/mol. The second-order valence-corrected chi connectivity index (χ2v) is 8.07. The highest BCUT2D eigenvalue weighted by Crippen LogP contribution is 2.28. The molecule has 1 atom stereocenters. The van der Waals surface area contributed by atoms with Crippen molar-refractivity contribution in [1.82, 2.24) is 15.2 Å². The van der Waals surface area contributed by atoms with Crippen LogP contribution in [0.2, 0.25) is 0 Å². The highest BCUT2D eigenvalue weighted by Gasteiger charge is 2.29. The van der Waals surface area contributed by atoms with Crippen molar-refractivity contribution in [3.8, 4) is 23.1 Å². The first-order valence-corrected chi connectivity index (χ1v) is 10.2. The zero-order valence-electron chi connectivity index (χ0n) is 17.8. The van der Waals surface area contributed by atoms with E-state index in [0.717, 1.165) is 35.7 Å². The molecule has 0 spiro atoms. The molecule has 1 aliphatic rings. The molecule has 1 saturated heterocycles. The smallest absolute Gasteiger partial charge is 0.237 e. The van der Waals surface area contributed by atoms with E-state index in [1.807, 2.05) is 56.3 Å². The number of carbonyl (C=O) groups is 1. The molecule has 0 saturated carbocycles. The number of rotatable bonds is 8. The molecule has 158 valence electrons. The molecule has 1 unspecified atom stereocenters. The largest absolute Gasteiger partial charge is 0.496 e. The molecule has 1 aromatic heterocycles.